The fourth-order valence-corrected chi connectivity index (χ4v) is 7.71. The molecule has 79 heavy (non-hydrogen) atoms. The molecule has 1 aliphatic heterocycles. The highest BCUT2D eigenvalue weighted by Crippen LogP contribution is 2.26. The summed E-state index contributed by atoms with van der Waals surface area (Å²) in [5.41, 5.74) is 0. The number of aliphatic hydroxyl groups is 2. The number of ether oxygens (including phenoxy) is 5. The van der Waals surface area contributed by atoms with Gasteiger partial charge in [-0.25, -0.2) is 4.79 Å². The van der Waals surface area contributed by atoms with Gasteiger partial charge in [-0.15, -0.1) is 0 Å². The summed E-state index contributed by atoms with van der Waals surface area (Å²) in [6, 6.07) is 0. The van der Waals surface area contributed by atoms with Gasteiger partial charge in [-0.05, 0) is 122 Å². The van der Waals surface area contributed by atoms with E-state index in [1.165, 1.54) is 0 Å². The first-order valence-corrected chi connectivity index (χ1v) is 29.5. The highest BCUT2D eigenvalue weighted by molar-refractivity contribution is 5.74. The summed E-state index contributed by atoms with van der Waals surface area (Å²) < 4.78 is 28.2. The minimum absolute atomic E-state index is 0.000625. The quantitative estimate of drug-likeness (QED) is 0.0228. The molecule has 6 unspecified atom stereocenters. The van der Waals surface area contributed by atoms with Crippen LogP contribution < -0.4 is 0 Å². The molecule has 0 spiro atoms. The third kappa shape index (κ3) is 42.9. The van der Waals surface area contributed by atoms with Crippen molar-refractivity contribution in [2.24, 2.45) is 0 Å². The van der Waals surface area contributed by atoms with Gasteiger partial charge in [0.2, 0.25) is 0 Å². The van der Waals surface area contributed by atoms with E-state index < -0.39 is 73.9 Å². The normalized spacial score (nSPS) is 19.0. The third-order valence-electron chi connectivity index (χ3n) is 12.1. The highest BCUT2D eigenvalue weighted by atomic mass is 16.7. The molecule has 0 amide bonds. The molecule has 3 N–H and O–H groups in total. The Morgan fingerprint density at radius 1 is 0.430 bits per heavy atom. The van der Waals surface area contributed by atoms with Crippen molar-refractivity contribution < 1.29 is 58.2 Å². The number of hydrogen-bond acceptors (Lipinski definition) is 11. The maximum atomic E-state index is 13.1. The van der Waals surface area contributed by atoms with E-state index in [9.17, 15) is 34.5 Å². The molecule has 1 rings (SSSR count). The van der Waals surface area contributed by atoms with Crippen molar-refractivity contribution in [1.82, 2.24) is 0 Å². The molecule has 0 radical (unpaired) electrons. The van der Waals surface area contributed by atoms with E-state index in [0.29, 0.717) is 19.3 Å². The van der Waals surface area contributed by atoms with Gasteiger partial charge in [0.15, 0.2) is 24.6 Å². The minimum Gasteiger partial charge on any atom is -0.479 e. The Hall–Kier alpha value is -5.66. The molecule has 1 heterocycles. The van der Waals surface area contributed by atoms with E-state index in [1.54, 1.807) is 6.08 Å². The van der Waals surface area contributed by atoms with Gasteiger partial charge < -0.3 is 39.0 Å². The summed E-state index contributed by atoms with van der Waals surface area (Å²) in [6.45, 7) is 5.51. The van der Waals surface area contributed by atoms with Gasteiger partial charge in [-0.2, -0.15) is 0 Å². The van der Waals surface area contributed by atoms with E-state index in [4.69, 9.17) is 23.7 Å². The average molecular weight is 1100 g/mol. The average Bonchev–Trinajstić information content (AvgIpc) is 3.44. The second kappa shape index (κ2) is 53.0. The minimum atomic E-state index is -1.94. The molecule has 12 heteroatoms. The Morgan fingerprint density at radius 2 is 0.797 bits per heavy atom. The van der Waals surface area contributed by atoms with Gasteiger partial charge in [0.25, 0.3) is 0 Å². The van der Waals surface area contributed by atoms with E-state index in [-0.39, 0.29) is 19.3 Å². The van der Waals surface area contributed by atoms with Crippen LogP contribution in [-0.4, -0.2) is 89.2 Å². The summed E-state index contributed by atoms with van der Waals surface area (Å²) >= 11 is 0. The number of allylic oxidation sites excluding steroid dienone is 25. The lowest BCUT2D eigenvalue weighted by molar-refractivity contribution is -0.301. The lowest BCUT2D eigenvalue weighted by Gasteiger charge is -2.40. The molecule has 12 nitrogen and oxygen atoms in total. The van der Waals surface area contributed by atoms with Gasteiger partial charge >= 0.3 is 23.9 Å². The summed E-state index contributed by atoms with van der Waals surface area (Å²) in [5.74, 6) is -3.38. The number of aliphatic hydroxyl groups excluding tert-OH is 2. The Bertz CT molecular complexity index is 1980. The van der Waals surface area contributed by atoms with Crippen LogP contribution in [0.5, 0.6) is 0 Å². The lowest BCUT2D eigenvalue weighted by atomic mass is 9.98. The predicted octanol–water partition coefficient (Wildman–Crippen LogP) is 15.3. The number of hydrogen-bond donors (Lipinski definition) is 3. The summed E-state index contributed by atoms with van der Waals surface area (Å²) in [7, 11) is 0. The van der Waals surface area contributed by atoms with Crippen LogP contribution in [0.25, 0.3) is 0 Å². The van der Waals surface area contributed by atoms with Gasteiger partial charge in [0.1, 0.15) is 18.8 Å². The molecular formula is C67H100O12. The van der Waals surface area contributed by atoms with Crippen molar-refractivity contribution in [2.45, 2.75) is 225 Å². The standard InChI is InChI=1S/C67H100O12/c1-4-7-10-13-16-19-22-25-28-29-30-31-34-37-40-43-46-49-52-55-61(70)78-65-63(72)62(71)64(66(73)74)79-67(65)76-57-58(77-60(69)54-51-48-45-42-39-36-33-27-24-21-18-15-12-9-6-3)56-75-59(68)53-50-47-44-41-38-35-32-26-23-20-17-14-11-8-5-2/h7-12,16-21,25-28,30-33,37-38,40-41,47,50,58,62-65,67,71-72H,4-6,13-15,22-24,29,34-36,39,42-46,48-49,51-57H2,1-3H3,(H,73,74)/b10-7-,11-8-,12-9-,19-16-,20-17-,21-18-,28-25-,31-30-,32-26-,33-27-,40-37-,41-38-,50-47+. The highest BCUT2D eigenvalue weighted by Gasteiger charge is 2.50. The monoisotopic (exact) mass is 1100 g/mol. The largest absolute Gasteiger partial charge is 0.479 e. The first-order chi connectivity index (χ1) is 38.6. The number of rotatable bonds is 47. The summed E-state index contributed by atoms with van der Waals surface area (Å²) in [6.07, 6.45) is 65.2. The molecule has 0 aromatic carbocycles. The number of carboxylic acids is 1. The van der Waals surface area contributed by atoms with Gasteiger partial charge in [0.05, 0.1) is 13.0 Å². The zero-order valence-electron chi connectivity index (χ0n) is 48.3. The zero-order valence-corrected chi connectivity index (χ0v) is 48.3. The van der Waals surface area contributed by atoms with Crippen molar-refractivity contribution >= 4 is 23.9 Å². The fraction of sp³-hybridized carbons (Fsp3) is 0.552. The Balaban J connectivity index is 2.78. The van der Waals surface area contributed by atoms with E-state index >= 15 is 0 Å². The lowest BCUT2D eigenvalue weighted by Crippen LogP contribution is -2.61. The van der Waals surface area contributed by atoms with Crippen LogP contribution in [0.4, 0.5) is 0 Å². The van der Waals surface area contributed by atoms with Crippen molar-refractivity contribution in [3.8, 4) is 0 Å². The number of carbonyl (C=O) groups is 4. The van der Waals surface area contributed by atoms with Crippen LogP contribution in [0.15, 0.2) is 158 Å². The fourth-order valence-electron chi connectivity index (χ4n) is 7.71. The molecule has 0 aromatic rings. The molecule has 0 bridgehead atoms. The second-order valence-corrected chi connectivity index (χ2v) is 19.1. The van der Waals surface area contributed by atoms with Crippen molar-refractivity contribution in [1.29, 1.82) is 0 Å². The smallest absolute Gasteiger partial charge is 0.335 e. The number of carbonyl (C=O) groups excluding carboxylic acids is 3. The predicted molar refractivity (Wildman–Crippen MR) is 321 cm³/mol. The maximum absolute atomic E-state index is 13.1. The number of carboxylic acid groups (broad SMARTS) is 1. The summed E-state index contributed by atoms with van der Waals surface area (Å²) in [5, 5.41) is 31.5. The van der Waals surface area contributed by atoms with Crippen LogP contribution in [0.1, 0.15) is 188 Å². The maximum Gasteiger partial charge on any atom is 0.335 e. The Morgan fingerprint density at radius 3 is 1.23 bits per heavy atom. The van der Waals surface area contributed by atoms with Crippen molar-refractivity contribution in [3.63, 3.8) is 0 Å². The molecule has 0 aromatic heterocycles. The molecule has 0 aliphatic carbocycles. The second-order valence-electron chi connectivity index (χ2n) is 19.1. The number of aliphatic carboxylic acids is 1. The number of unbranched alkanes of at least 4 members (excludes halogenated alkanes) is 8. The van der Waals surface area contributed by atoms with E-state index in [1.807, 2.05) is 12.2 Å². The van der Waals surface area contributed by atoms with Crippen molar-refractivity contribution in [2.75, 3.05) is 13.2 Å². The van der Waals surface area contributed by atoms with Crippen LogP contribution in [-0.2, 0) is 42.9 Å². The van der Waals surface area contributed by atoms with Crippen LogP contribution in [0.2, 0.25) is 0 Å². The van der Waals surface area contributed by atoms with Crippen LogP contribution in [0, 0.1) is 0 Å². The Labute approximate surface area is 475 Å². The number of esters is 3. The SMILES string of the molecule is CC/C=C\C/C=C\C/C=C\C/C=C\C/C=C\CCCCCC(=O)OC1C(OCC(COC(=O)C/C=C/C/C=C\C/C=C\C/C=C\C/C=C\CC)OC(=O)CCCCCCC/C=C\C/C=C\C/C=C\CC)OC(C(=O)O)C(O)C1O. The van der Waals surface area contributed by atoms with E-state index in [0.717, 1.165) is 128 Å². The molecular weight excluding hydrogens is 997 g/mol. The first-order valence-electron chi connectivity index (χ1n) is 29.5. The first kappa shape index (κ1) is 71.4. The van der Waals surface area contributed by atoms with Gasteiger partial charge in [0, 0.05) is 12.8 Å². The molecule has 440 valence electrons. The third-order valence-corrected chi connectivity index (χ3v) is 12.1. The molecule has 1 saturated heterocycles. The molecule has 1 fully saturated rings. The van der Waals surface area contributed by atoms with Gasteiger partial charge in [-0.3, -0.25) is 14.4 Å². The Kier molecular flexibility index (Phi) is 47.9. The van der Waals surface area contributed by atoms with E-state index in [2.05, 4.69) is 161 Å². The van der Waals surface area contributed by atoms with Gasteiger partial charge in [-0.1, -0.05) is 204 Å². The molecule has 0 saturated carbocycles. The summed E-state index contributed by atoms with van der Waals surface area (Å²) in [4.78, 5) is 51.1. The van der Waals surface area contributed by atoms with Crippen LogP contribution in [0.3, 0.4) is 0 Å². The zero-order chi connectivity index (χ0) is 57.5. The van der Waals surface area contributed by atoms with Crippen molar-refractivity contribution in [3.05, 3.63) is 158 Å². The molecule has 6 atom stereocenters. The topological polar surface area (TPSA) is 175 Å². The van der Waals surface area contributed by atoms with Crippen LogP contribution >= 0.6 is 0 Å². The molecule has 1 aliphatic rings.